The number of anilines is 1. The van der Waals surface area contributed by atoms with Crippen LogP contribution in [0.5, 0.6) is 0 Å². The first-order valence-corrected chi connectivity index (χ1v) is 6.22. The fourth-order valence-corrected chi connectivity index (χ4v) is 2.10. The van der Waals surface area contributed by atoms with Gasteiger partial charge in [0, 0.05) is 5.69 Å². The fourth-order valence-electron chi connectivity index (χ4n) is 2.10. The molecular weight excluding hydrogens is 236 g/mol. The molecule has 0 saturated carbocycles. The van der Waals surface area contributed by atoms with Gasteiger partial charge in [-0.05, 0) is 23.8 Å². The van der Waals surface area contributed by atoms with E-state index in [1.54, 1.807) is 0 Å². The van der Waals surface area contributed by atoms with E-state index in [0.717, 1.165) is 11.3 Å². The monoisotopic (exact) mass is 250 g/mol. The van der Waals surface area contributed by atoms with Gasteiger partial charge in [0.1, 0.15) is 6.17 Å². The molecule has 1 atom stereocenters. The van der Waals surface area contributed by atoms with Gasteiger partial charge < -0.3 is 10.6 Å². The summed E-state index contributed by atoms with van der Waals surface area (Å²) in [5.41, 5.74) is 2.67. The first kappa shape index (κ1) is 11.5. The Kier molecular flexibility index (Phi) is 3.02. The van der Waals surface area contributed by atoms with Gasteiger partial charge >= 0.3 is 0 Å². The fraction of sp³-hybridized carbons (Fsp3) is 0.0625. The average Bonchev–Trinajstić information content (AvgIpc) is 2.46. The maximum atomic E-state index is 11.9. The van der Waals surface area contributed by atoms with Crippen LogP contribution in [-0.2, 0) is 0 Å². The molecule has 0 aliphatic carbocycles. The number of hydrogen-bond acceptors (Lipinski definition) is 2. The van der Waals surface area contributed by atoms with Crippen molar-refractivity contribution in [2.24, 2.45) is 0 Å². The van der Waals surface area contributed by atoms with Gasteiger partial charge in [0.25, 0.3) is 5.91 Å². The number of carbonyl (C=O) groups is 1. The van der Waals surface area contributed by atoms with Gasteiger partial charge in [-0.25, -0.2) is 0 Å². The third-order valence-electron chi connectivity index (χ3n) is 3.05. The van der Waals surface area contributed by atoms with Gasteiger partial charge in [0.05, 0.1) is 5.56 Å². The predicted octanol–water partition coefficient (Wildman–Crippen LogP) is 2.88. The molecule has 2 aromatic carbocycles. The van der Waals surface area contributed by atoms with Crippen molar-refractivity contribution in [2.45, 2.75) is 6.17 Å². The Balaban J connectivity index is 1.79. The number of nitrogens with one attached hydrogen (secondary N) is 2. The van der Waals surface area contributed by atoms with E-state index >= 15 is 0 Å². The predicted molar refractivity (Wildman–Crippen MR) is 76.8 cm³/mol. The van der Waals surface area contributed by atoms with Gasteiger partial charge in [-0.15, -0.1) is 0 Å². The summed E-state index contributed by atoms with van der Waals surface area (Å²) in [5, 5.41) is 6.18. The van der Waals surface area contributed by atoms with E-state index in [-0.39, 0.29) is 12.1 Å². The van der Waals surface area contributed by atoms with Gasteiger partial charge in [-0.2, -0.15) is 0 Å². The number of rotatable bonds is 2. The lowest BCUT2D eigenvalue weighted by atomic mass is 10.1. The molecule has 19 heavy (non-hydrogen) atoms. The highest BCUT2D eigenvalue weighted by Crippen LogP contribution is 2.19. The van der Waals surface area contributed by atoms with Crippen molar-refractivity contribution in [2.75, 3.05) is 5.32 Å². The number of benzene rings is 2. The van der Waals surface area contributed by atoms with Gasteiger partial charge in [0.2, 0.25) is 0 Å². The van der Waals surface area contributed by atoms with Crippen LogP contribution in [0.25, 0.3) is 6.08 Å². The lowest BCUT2D eigenvalue weighted by Gasteiger charge is -2.25. The molecular formula is C16H14N2O. The molecule has 3 rings (SSSR count). The summed E-state index contributed by atoms with van der Waals surface area (Å²) in [6.45, 7) is 0. The minimum absolute atomic E-state index is 0.0444. The second-order valence-electron chi connectivity index (χ2n) is 4.41. The molecule has 1 aliphatic heterocycles. The summed E-state index contributed by atoms with van der Waals surface area (Å²) >= 11 is 0. The third kappa shape index (κ3) is 2.50. The first-order valence-electron chi connectivity index (χ1n) is 6.22. The highest BCUT2D eigenvalue weighted by Gasteiger charge is 2.20. The molecule has 0 bridgehead atoms. The van der Waals surface area contributed by atoms with Gasteiger partial charge in [-0.3, -0.25) is 4.79 Å². The summed E-state index contributed by atoms with van der Waals surface area (Å²) < 4.78 is 0. The highest BCUT2D eigenvalue weighted by molar-refractivity contribution is 6.01. The number of carbonyl (C=O) groups excluding carboxylic acids is 1. The Labute approximate surface area is 112 Å². The van der Waals surface area contributed by atoms with Crippen molar-refractivity contribution < 1.29 is 4.79 Å². The van der Waals surface area contributed by atoms with Gasteiger partial charge in [0.15, 0.2) is 0 Å². The van der Waals surface area contributed by atoms with E-state index in [0.29, 0.717) is 5.56 Å². The number of fused-ring (bicyclic) bond motifs is 1. The first-order chi connectivity index (χ1) is 9.33. The number of para-hydroxylation sites is 1. The standard InChI is InChI=1S/C16H14N2O/c19-16-13-8-4-5-9-14(13)17-15(18-16)11-10-12-6-2-1-3-7-12/h1-11,15,17H,(H,18,19). The van der Waals surface area contributed by atoms with Crippen LogP contribution in [0.15, 0.2) is 60.7 Å². The summed E-state index contributed by atoms with van der Waals surface area (Å²) in [6, 6.07) is 17.5. The van der Waals surface area contributed by atoms with E-state index < -0.39 is 0 Å². The third-order valence-corrected chi connectivity index (χ3v) is 3.05. The zero-order valence-electron chi connectivity index (χ0n) is 10.3. The van der Waals surface area contributed by atoms with Crippen LogP contribution < -0.4 is 10.6 Å². The summed E-state index contributed by atoms with van der Waals surface area (Å²) in [6.07, 6.45) is 3.76. The molecule has 1 heterocycles. The number of amides is 1. The number of hydrogen-bond donors (Lipinski definition) is 2. The van der Waals surface area contributed by atoms with Crippen molar-refractivity contribution in [1.82, 2.24) is 5.32 Å². The zero-order chi connectivity index (χ0) is 13.1. The molecule has 0 aromatic heterocycles. The van der Waals surface area contributed by atoms with Crippen LogP contribution in [0.4, 0.5) is 5.69 Å². The smallest absolute Gasteiger partial charge is 0.255 e. The van der Waals surface area contributed by atoms with Crippen LogP contribution >= 0.6 is 0 Å². The Bertz CT molecular complexity index is 620. The summed E-state index contributed by atoms with van der Waals surface area (Å²) in [7, 11) is 0. The van der Waals surface area contributed by atoms with E-state index in [2.05, 4.69) is 10.6 Å². The molecule has 0 fully saturated rings. The molecule has 0 radical (unpaired) electrons. The van der Waals surface area contributed by atoms with Crippen LogP contribution in [0.2, 0.25) is 0 Å². The molecule has 0 spiro atoms. The quantitative estimate of drug-likeness (QED) is 0.860. The Hall–Kier alpha value is -2.55. The lowest BCUT2D eigenvalue weighted by molar-refractivity contribution is 0.0943. The Morgan fingerprint density at radius 1 is 0.895 bits per heavy atom. The minimum atomic E-state index is -0.178. The second kappa shape index (κ2) is 4.98. The van der Waals surface area contributed by atoms with Crippen LogP contribution in [0, 0.1) is 0 Å². The molecule has 2 aromatic rings. The Morgan fingerprint density at radius 3 is 2.47 bits per heavy atom. The van der Waals surface area contributed by atoms with E-state index in [1.165, 1.54) is 0 Å². The highest BCUT2D eigenvalue weighted by atomic mass is 16.2. The molecule has 3 heteroatoms. The molecule has 2 N–H and O–H groups in total. The van der Waals surface area contributed by atoms with Crippen molar-refractivity contribution in [3.8, 4) is 0 Å². The largest absolute Gasteiger partial charge is 0.361 e. The van der Waals surface area contributed by atoms with E-state index in [1.807, 2.05) is 66.7 Å². The topological polar surface area (TPSA) is 41.1 Å². The molecule has 3 nitrogen and oxygen atoms in total. The maximum absolute atomic E-state index is 11.9. The van der Waals surface area contributed by atoms with Crippen LogP contribution in [0.3, 0.4) is 0 Å². The van der Waals surface area contributed by atoms with Crippen molar-refractivity contribution in [3.63, 3.8) is 0 Å². The second-order valence-corrected chi connectivity index (χ2v) is 4.41. The van der Waals surface area contributed by atoms with Crippen LogP contribution in [-0.4, -0.2) is 12.1 Å². The maximum Gasteiger partial charge on any atom is 0.255 e. The molecule has 1 aliphatic rings. The SMILES string of the molecule is O=C1NC(C=Cc2ccccc2)Nc2ccccc21. The molecule has 1 unspecified atom stereocenters. The van der Waals surface area contributed by atoms with Crippen molar-refractivity contribution in [3.05, 3.63) is 71.8 Å². The average molecular weight is 250 g/mol. The van der Waals surface area contributed by atoms with Crippen molar-refractivity contribution in [1.29, 1.82) is 0 Å². The lowest BCUT2D eigenvalue weighted by Crippen LogP contribution is -2.43. The normalized spacial score (nSPS) is 17.7. The zero-order valence-corrected chi connectivity index (χ0v) is 10.3. The van der Waals surface area contributed by atoms with E-state index in [9.17, 15) is 4.79 Å². The molecule has 1 amide bonds. The Morgan fingerprint density at radius 2 is 1.63 bits per heavy atom. The van der Waals surface area contributed by atoms with Crippen LogP contribution in [0.1, 0.15) is 15.9 Å². The summed E-state index contributed by atoms with van der Waals surface area (Å²) in [4.78, 5) is 11.9. The van der Waals surface area contributed by atoms with E-state index in [4.69, 9.17) is 0 Å². The molecule has 0 saturated heterocycles. The van der Waals surface area contributed by atoms with Gasteiger partial charge in [-0.1, -0.05) is 48.5 Å². The minimum Gasteiger partial charge on any atom is -0.361 e. The van der Waals surface area contributed by atoms with Crippen molar-refractivity contribution >= 4 is 17.7 Å². The molecule has 94 valence electrons. The summed E-state index contributed by atoms with van der Waals surface area (Å²) in [5.74, 6) is -0.0444.